The number of ether oxygens (including phenoxy) is 1. The van der Waals surface area contributed by atoms with Gasteiger partial charge in [0.15, 0.2) is 4.34 Å². The first-order chi connectivity index (χ1) is 13.3. The molecule has 2 heterocycles. The number of alkyl halides is 3. The molecule has 0 spiro atoms. The molecule has 0 aliphatic heterocycles. The number of aromatic nitrogens is 3. The second-order valence-electron chi connectivity index (χ2n) is 5.17. The van der Waals surface area contributed by atoms with Crippen LogP contribution < -0.4 is 5.32 Å². The number of benzene rings is 1. The first-order valence-electron chi connectivity index (χ1n) is 7.53. The van der Waals surface area contributed by atoms with Crippen molar-refractivity contribution in [3.05, 3.63) is 58.7 Å². The summed E-state index contributed by atoms with van der Waals surface area (Å²) in [4.78, 5) is 15.5. The van der Waals surface area contributed by atoms with Crippen LogP contribution >= 0.6 is 34.7 Å². The van der Waals surface area contributed by atoms with Gasteiger partial charge in [0.2, 0.25) is 5.13 Å². The number of rotatable bonds is 5. The number of pyridine rings is 1. The number of hydrogen-bond donors (Lipinski definition) is 1. The van der Waals surface area contributed by atoms with Crippen LogP contribution in [0.2, 0.25) is 5.02 Å². The van der Waals surface area contributed by atoms with E-state index >= 15 is 0 Å². The van der Waals surface area contributed by atoms with Crippen molar-refractivity contribution in [2.75, 3.05) is 5.32 Å². The van der Waals surface area contributed by atoms with Gasteiger partial charge in [0.1, 0.15) is 11.6 Å². The highest BCUT2D eigenvalue weighted by Crippen LogP contribution is 2.37. The summed E-state index contributed by atoms with van der Waals surface area (Å²) < 4.78 is 43.3. The highest BCUT2D eigenvalue weighted by atomic mass is 35.5. The molecule has 2 aromatic heterocycles. The fraction of sp³-hybridized carbons (Fsp3) is 0.125. The Bertz CT molecular complexity index is 970. The molecule has 0 aliphatic rings. The summed E-state index contributed by atoms with van der Waals surface area (Å²) >= 11 is 7.80. The molecule has 0 radical (unpaired) electrons. The number of nitrogens with one attached hydrogen (secondary N) is 1. The van der Waals surface area contributed by atoms with Crippen molar-refractivity contribution < 1.29 is 22.7 Å². The van der Waals surface area contributed by atoms with Gasteiger partial charge in [-0.05, 0) is 23.4 Å². The minimum atomic E-state index is -4.53. The monoisotopic (exact) mass is 446 g/mol. The average Bonchev–Trinajstić information content (AvgIpc) is 3.08. The van der Waals surface area contributed by atoms with E-state index in [1.807, 2.05) is 30.3 Å². The SMILES string of the molecule is O=C(Nc1nnc(Sc2ncc(C(F)(F)F)cc2Cl)s1)OCc1ccccc1. The molecule has 146 valence electrons. The fourth-order valence-corrected chi connectivity index (χ4v) is 3.78. The largest absolute Gasteiger partial charge is 0.444 e. The van der Waals surface area contributed by atoms with Crippen LogP contribution in [0.3, 0.4) is 0 Å². The van der Waals surface area contributed by atoms with Crippen molar-refractivity contribution in [1.29, 1.82) is 0 Å². The van der Waals surface area contributed by atoms with E-state index in [2.05, 4.69) is 20.5 Å². The van der Waals surface area contributed by atoms with Crippen molar-refractivity contribution in [2.24, 2.45) is 0 Å². The highest BCUT2D eigenvalue weighted by molar-refractivity contribution is 8.01. The van der Waals surface area contributed by atoms with Gasteiger partial charge < -0.3 is 4.74 Å². The minimum absolute atomic E-state index is 0.0954. The molecule has 12 heteroatoms. The molecule has 0 fully saturated rings. The average molecular weight is 447 g/mol. The quantitative estimate of drug-likeness (QED) is 0.521. The standard InChI is InChI=1S/C16H10ClF3N4O2S2/c17-11-6-10(16(18,19)20)7-21-12(11)27-15-24-23-13(28-15)22-14(25)26-8-9-4-2-1-3-5-9/h1-7H,8H2,(H,22,23,25). The summed E-state index contributed by atoms with van der Waals surface area (Å²) in [5.74, 6) is 0. The molecule has 0 atom stereocenters. The smallest absolute Gasteiger partial charge is 0.417 e. The molecule has 1 N–H and O–H groups in total. The topological polar surface area (TPSA) is 77.0 Å². The Labute approximate surface area is 170 Å². The number of nitrogens with zero attached hydrogens (tertiary/aromatic N) is 3. The zero-order valence-corrected chi connectivity index (χ0v) is 16.1. The van der Waals surface area contributed by atoms with Crippen molar-refractivity contribution in [2.45, 2.75) is 22.1 Å². The molecule has 0 saturated carbocycles. The molecule has 1 aromatic carbocycles. The summed E-state index contributed by atoms with van der Waals surface area (Å²) in [6.45, 7) is 0.0954. The van der Waals surface area contributed by atoms with E-state index in [0.29, 0.717) is 10.5 Å². The summed E-state index contributed by atoms with van der Waals surface area (Å²) in [6, 6.07) is 9.91. The van der Waals surface area contributed by atoms with Crippen LogP contribution in [0, 0.1) is 0 Å². The normalized spacial score (nSPS) is 11.3. The number of halogens is 4. The highest BCUT2D eigenvalue weighted by Gasteiger charge is 2.31. The van der Waals surface area contributed by atoms with Crippen LogP contribution in [0.1, 0.15) is 11.1 Å². The van der Waals surface area contributed by atoms with E-state index in [9.17, 15) is 18.0 Å². The first-order valence-corrected chi connectivity index (χ1v) is 9.54. The number of anilines is 1. The molecule has 0 aliphatic carbocycles. The lowest BCUT2D eigenvalue weighted by Gasteiger charge is -2.07. The molecule has 0 bridgehead atoms. The summed E-state index contributed by atoms with van der Waals surface area (Å²) in [7, 11) is 0. The van der Waals surface area contributed by atoms with E-state index in [4.69, 9.17) is 16.3 Å². The number of amides is 1. The Hall–Kier alpha value is -2.37. The van der Waals surface area contributed by atoms with Crippen molar-refractivity contribution in [3.8, 4) is 0 Å². The van der Waals surface area contributed by atoms with Crippen LogP contribution in [-0.2, 0) is 17.5 Å². The van der Waals surface area contributed by atoms with E-state index < -0.39 is 17.8 Å². The minimum Gasteiger partial charge on any atom is -0.444 e. The second-order valence-corrected chi connectivity index (χ2v) is 7.79. The Kier molecular flexibility index (Phi) is 6.37. The van der Waals surface area contributed by atoms with E-state index in [1.54, 1.807) is 0 Å². The molecule has 28 heavy (non-hydrogen) atoms. The third kappa shape index (κ3) is 5.57. The molecule has 0 saturated heterocycles. The van der Waals surface area contributed by atoms with Gasteiger partial charge in [0, 0.05) is 6.20 Å². The van der Waals surface area contributed by atoms with Gasteiger partial charge in [-0.2, -0.15) is 13.2 Å². The van der Waals surface area contributed by atoms with Crippen LogP contribution in [0.25, 0.3) is 0 Å². The van der Waals surface area contributed by atoms with Gasteiger partial charge >= 0.3 is 12.3 Å². The van der Waals surface area contributed by atoms with E-state index in [1.165, 1.54) is 0 Å². The zero-order chi connectivity index (χ0) is 20.1. The first kappa shape index (κ1) is 20.4. The molecule has 3 rings (SSSR count). The molecule has 6 nitrogen and oxygen atoms in total. The van der Waals surface area contributed by atoms with Crippen molar-refractivity contribution in [3.63, 3.8) is 0 Å². The maximum Gasteiger partial charge on any atom is 0.417 e. The predicted molar refractivity (Wildman–Crippen MR) is 98.5 cm³/mol. The van der Waals surface area contributed by atoms with Gasteiger partial charge in [0.25, 0.3) is 0 Å². The predicted octanol–water partition coefficient (Wildman–Crippen LogP) is 5.51. The third-order valence-corrected chi connectivity index (χ3v) is 5.46. The third-order valence-electron chi connectivity index (χ3n) is 3.15. The van der Waals surface area contributed by atoms with E-state index in [0.717, 1.165) is 34.7 Å². The van der Waals surface area contributed by atoms with Gasteiger partial charge in [-0.3, -0.25) is 5.32 Å². The summed E-state index contributed by atoms with van der Waals surface area (Å²) in [5, 5.41) is 10.2. The molecular formula is C16H10ClF3N4O2S2. The van der Waals surface area contributed by atoms with Crippen molar-refractivity contribution >= 4 is 45.9 Å². The van der Waals surface area contributed by atoms with Gasteiger partial charge in [-0.25, -0.2) is 9.78 Å². The Morgan fingerprint density at radius 2 is 2.00 bits per heavy atom. The van der Waals surface area contributed by atoms with Crippen LogP contribution in [0.4, 0.5) is 23.1 Å². The number of carbonyl (C=O) groups excluding carboxylic acids is 1. The zero-order valence-electron chi connectivity index (χ0n) is 13.7. The lowest BCUT2D eigenvalue weighted by atomic mass is 10.2. The Balaban J connectivity index is 1.57. The van der Waals surface area contributed by atoms with Gasteiger partial charge in [0.05, 0.1) is 10.6 Å². The Morgan fingerprint density at radius 1 is 1.25 bits per heavy atom. The molecule has 3 aromatic rings. The number of hydrogen-bond acceptors (Lipinski definition) is 7. The lowest BCUT2D eigenvalue weighted by Crippen LogP contribution is -2.13. The maximum atomic E-state index is 12.6. The van der Waals surface area contributed by atoms with Gasteiger partial charge in [-0.1, -0.05) is 53.3 Å². The molecular weight excluding hydrogens is 437 g/mol. The van der Waals surface area contributed by atoms with Crippen molar-refractivity contribution in [1.82, 2.24) is 15.2 Å². The van der Waals surface area contributed by atoms with Gasteiger partial charge in [-0.15, -0.1) is 10.2 Å². The number of carbonyl (C=O) groups is 1. The molecule has 1 amide bonds. The molecule has 0 unspecified atom stereocenters. The second kappa shape index (κ2) is 8.76. The van der Waals surface area contributed by atoms with Crippen LogP contribution in [-0.4, -0.2) is 21.3 Å². The van der Waals surface area contributed by atoms with Crippen LogP contribution in [0.15, 0.2) is 52.0 Å². The fourth-order valence-electron chi connectivity index (χ4n) is 1.89. The maximum absolute atomic E-state index is 12.6. The lowest BCUT2D eigenvalue weighted by molar-refractivity contribution is -0.137. The summed E-state index contributed by atoms with van der Waals surface area (Å²) in [6.07, 6.45) is -4.54. The van der Waals surface area contributed by atoms with E-state index in [-0.39, 0.29) is 21.8 Å². The Morgan fingerprint density at radius 3 is 2.68 bits per heavy atom. The summed E-state index contributed by atoms with van der Waals surface area (Å²) in [5.41, 5.74) is -0.114. The van der Waals surface area contributed by atoms with Crippen LogP contribution in [0.5, 0.6) is 0 Å².